The first-order valence-electron chi connectivity index (χ1n) is 9.97. The molecule has 0 bridgehead atoms. The Morgan fingerprint density at radius 1 is 1.33 bits per heavy atom. The average Bonchev–Trinajstić information content (AvgIpc) is 3.12. The van der Waals surface area contributed by atoms with Crippen molar-refractivity contribution in [2.75, 3.05) is 18.4 Å². The van der Waals surface area contributed by atoms with Gasteiger partial charge in [0.25, 0.3) is 5.91 Å². The van der Waals surface area contributed by atoms with Crippen molar-refractivity contribution in [3.8, 4) is 6.07 Å². The smallest absolute Gasteiger partial charge is 0.255 e. The fourth-order valence-electron chi connectivity index (χ4n) is 4.21. The van der Waals surface area contributed by atoms with E-state index in [9.17, 15) is 9.59 Å². The molecular formula is C23H23N5O2. The first kappa shape index (κ1) is 19.6. The van der Waals surface area contributed by atoms with Gasteiger partial charge in [-0.1, -0.05) is 6.07 Å². The van der Waals surface area contributed by atoms with E-state index in [0.717, 1.165) is 48.9 Å². The fraction of sp³-hybridized carbons (Fsp3) is 0.304. The number of likely N-dealkylation sites (tertiary alicyclic amines) is 1. The number of piperidine rings is 1. The maximum atomic E-state index is 12.7. The molecule has 0 aliphatic carbocycles. The molecule has 7 heteroatoms. The van der Waals surface area contributed by atoms with Gasteiger partial charge in [-0.05, 0) is 55.0 Å². The molecule has 0 saturated carbocycles. The van der Waals surface area contributed by atoms with Crippen molar-refractivity contribution in [3.05, 3.63) is 58.9 Å². The summed E-state index contributed by atoms with van der Waals surface area (Å²) in [6.45, 7) is 3.50. The van der Waals surface area contributed by atoms with E-state index >= 15 is 0 Å². The van der Waals surface area contributed by atoms with Crippen LogP contribution in [-0.2, 0) is 11.8 Å². The zero-order valence-corrected chi connectivity index (χ0v) is 17.1. The lowest BCUT2D eigenvalue weighted by molar-refractivity contribution is -0.119. The van der Waals surface area contributed by atoms with Gasteiger partial charge in [-0.2, -0.15) is 5.26 Å². The van der Waals surface area contributed by atoms with E-state index in [1.165, 1.54) is 5.56 Å². The van der Waals surface area contributed by atoms with Crippen LogP contribution >= 0.6 is 0 Å². The number of amides is 2. The van der Waals surface area contributed by atoms with E-state index in [1.54, 1.807) is 30.5 Å². The van der Waals surface area contributed by atoms with Crippen LogP contribution < -0.4 is 5.32 Å². The number of aromatic nitrogens is 2. The molecule has 1 N–H and O–H groups in total. The largest absolute Gasteiger partial charge is 0.345 e. The van der Waals surface area contributed by atoms with Gasteiger partial charge in [0.2, 0.25) is 6.41 Å². The Morgan fingerprint density at radius 3 is 2.80 bits per heavy atom. The van der Waals surface area contributed by atoms with Gasteiger partial charge in [-0.25, -0.2) is 4.98 Å². The van der Waals surface area contributed by atoms with Crippen LogP contribution in [0.2, 0.25) is 0 Å². The molecule has 3 heterocycles. The summed E-state index contributed by atoms with van der Waals surface area (Å²) in [5.41, 5.74) is 4.60. The second kappa shape index (κ2) is 7.99. The van der Waals surface area contributed by atoms with Crippen LogP contribution in [0.15, 0.2) is 36.7 Å². The molecule has 1 saturated heterocycles. The van der Waals surface area contributed by atoms with Crippen LogP contribution in [0.3, 0.4) is 0 Å². The Bertz CT molecular complexity index is 1170. The lowest BCUT2D eigenvalue weighted by Crippen LogP contribution is -2.31. The predicted octanol–water partition coefficient (Wildman–Crippen LogP) is 3.34. The van der Waals surface area contributed by atoms with Gasteiger partial charge < -0.3 is 14.8 Å². The highest BCUT2D eigenvalue weighted by molar-refractivity contribution is 6.06. The first-order valence-corrected chi connectivity index (χ1v) is 9.97. The van der Waals surface area contributed by atoms with Gasteiger partial charge in [-0.15, -0.1) is 0 Å². The van der Waals surface area contributed by atoms with E-state index in [2.05, 4.69) is 22.6 Å². The van der Waals surface area contributed by atoms with Gasteiger partial charge in [-0.3, -0.25) is 9.59 Å². The predicted molar refractivity (Wildman–Crippen MR) is 114 cm³/mol. The SMILES string of the molecule is Cc1c(NC(=O)c2cccc(C#N)c2)cnc2c1c(C1CCN(C=O)CC1)cn2C. The molecule has 2 amide bonds. The Kier molecular flexibility index (Phi) is 5.23. The molecule has 3 aromatic rings. The molecule has 4 rings (SSSR count). The van der Waals surface area contributed by atoms with Crippen molar-refractivity contribution in [2.45, 2.75) is 25.7 Å². The topological polar surface area (TPSA) is 91.0 Å². The number of carbonyl (C=O) groups excluding carboxylic acids is 2. The minimum atomic E-state index is -0.270. The molecule has 0 spiro atoms. The van der Waals surface area contributed by atoms with E-state index in [-0.39, 0.29) is 5.91 Å². The third kappa shape index (κ3) is 3.52. The Hall–Kier alpha value is -3.66. The highest BCUT2D eigenvalue weighted by Crippen LogP contribution is 2.36. The van der Waals surface area contributed by atoms with Crippen molar-refractivity contribution in [3.63, 3.8) is 0 Å². The zero-order chi connectivity index (χ0) is 21.3. The Labute approximate surface area is 174 Å². The second-order valence-electron chi connectivity index (χ2n) is 7.75. The maximum Gasteiger partial charge on any atom is 0.255 e. The molecule has 0 unspecified atom stereocenters. The third-order valence-corrected chi connectivity index (χ3v) is 5.89. The molecule has 1 fully saturated rings. The molecule has 0 atom stereocenters. The number of hydrogen-bond donors (Lipinski definition) is 1. The number of nitrogens with one attached hydrogen (secondary N) is 1. The van der Waals surface area contributed by atoms with Crippen LogP contribution in [0, 0.1) is 18.3 Å². The number of nitriles is 1. The summed E-state index contributed by atoms with van der Waals surface area (Å²) < 4.78 is 2.02. The number of nitrogens with zero attached hydrogens (tertiary/aromatic N) is 4. The summed E-state index contributed by atoms with van der Waals surface area (Å²) >= 11 is 0. The van der Waals surface area contributed by atoms with Gasteiger partial charge in [0.15, 0.2) is 0 Å². The van der Waals surface area contributed by atoms with Gasteiger partial charge in [0, 0.05) is 37.3 Å². The van der Waals surface area contributed by atoms with E-state index in [0.29, 0.717) is 22.7 Å². The molecule has 2 aromatic heterocycles. The quantitative estimate of drug-likeness (QED) is 0.679. The lowest BCUT2D eigenvalue weighted by atomic mass is 9.88. The van der Waals surface area contributed by atoms with Crippen LogP contribution in [-0.4, -0.2) is 39.9 Å². The number of pyridine rings is 1. The van der Waals surface area contributed by atoms with Crippen LogP contribution in [0.1, 0.15) is 45.8 Å². The monoisotopic (exact) mass is 401 g/mol. The van der Waals surface area contributed by atoms with E-state index < -0.39 is 0 Å². The molecule has 7 nitrogen and oxygen atoms in total. The maximum absolute atomic E-state index is 12.7. The number of benzene rings is 1. The van der Waals surface area contributed by atoms with E-state index in [1.807, 2.05) is 23.4 Å². The van der Waals surface area contributed by atoms with Crippen molar-refractivity contribution < 1.29 is 9.59 Å². The number of rotatable bonds is 4. The summed E-state index contributed by atoms with van der Waals surface area (Å²) in [5, 5.41) is 13.1. The number of aryl methyl sites for hydroxylation is 2. The highest BCUT2D eigenvalue weighted by atomic mass is 16.1. The summed E-state index contributed by atoms with van der Waals surface area (Å²) in [6.07, 6.45) is 6.54. The minimum Gasteiger partial charge on any atom is -0.345 e. The van der Waals surface area contributed by atoms with Crippen LogP contribution in [0.25, 0.3) is 11.0 Å². The normalized spacial score (nSPS) is 14.5. The highest BCUT2D eigenvalue weighted by Gasteiger charge is 2.25. The lowest BCUT2D eigenvalue weighted by Gasteiger charge is -2.29. The molecular weight excluding hydrogens is 378 g/mol. The van der Waals surface area contributed by atoms with Crippen molar-refractivity contribution >= 4 is 29.0 Å². The minimum absolute atomic E-state index is 0.270. The number of fused-ring (bicyclic) bond motifs is 1. The molecule has 30 heavy (non-hydrogen) atoms. The number of anilines is 1. The summed E-state index contributed by atoms with van der Waals surface area (Å²) in [7, 11) is 1.98. The van der Waals surface area contributed by atoms with Crippen LogP contribution in [0.5, 0.6) is 0 Å². The molecule has 0 radical (unpaired) electrons. The molecule has 1 aliphatic rings. The first-order chi connectivity index (χ1) is 14.5. The Balaban J connectivity index is 1.67. The Morgan fingerprint density at radius 2 is 2.10 bits per heavy atom. The van der Waals surface area contributed by atoms with Gasteiger partial charge in [0.05, 0.1) is 23.5 Å². The van der Waals surface area contributed by atoms with Crippen molar-refractivity contribution in [2.24, 2.45) is 7.05 Å². The molecule has 152 valence electrons. The molecule has 1 aliphatic heterocycles. The van der Waals surface area contributed by atoms with Gasteiger partial charge in [0.1, 0.15) is 5.65 Å². The van der Waals surface area contributed by atoms with Crippen molar-refractivity contribution in [1.82, 2.24) is 14.5 Å². The van der Waals surface area contributed by atoms with E-state index in [4.69, 9.17) is 5.26 Å². The summed E-state index contributed by atoms with van der Waals surface area (Å²) in [5.74, 6) is 0.0804. The average molecular weight is 401 g/mol. The molecule has 1 aromatic carbocycles. The fourth-order valence-corrected chi connectivity index (χ4v) is 4.21. The zero-order valence-electron chi connectivity index (χ0n) is 17.1. The standard InChI is InChI=1S/C23H23N5O2/c1-15-20(26-23(30)18-5-3-4-16(10-18)11-24)12-25-22-21(15)19(13-27(22)2)17-6-8-28(14-29)9-7-17/h3-5,10,12-14,17H,6-9H2,1-2H3,(H,26,30). The number of hydrogen-bond acceptors (Lipinski definition) is 4. The van der Waals surface area contributed by atoms with Gasteiger partial charge >= 0.3 is 0 Å². The summed E-state index contributed by atoms with van der Waals surface area (Å²) in [6, 6.07) is 8.68. The van der Waals surface area contributed by atoms with Crippen molar-refractivity contribution in [1.29, 1.82) is 5.26 Å². The number of carbonyl (C=O) groups is 2. The third-order valence-electron chi connectivity index (χ3n) is 5.89. The summed E-state index contributed by atoms with van der Waals surface area (Å²) in [4.78, 5) is 30.2. The second-order valence-corrected chi connectivity index (χ2v) is 7.75. The van der Waals surface area contributed by atoms with Crippen LogP contribution in [0.4, 0.5) is 5.69 Å².